The molecule has 1 aromatic carbocycles. The van der Waals surface area contributed by atoms with E-state index in [2.05, 4.69) is 55.4 Å². The Labute approximate surface area is 324 Å². The van der Waals surface area contributed by atoms with E-state index in [9.17, 15) is 4.79 Å². The summed E-state index contributed by atoms with van der Waals surface area (Å²) in [5.74, 6) is -0.0920. The molecule has 4 aromatic heterocycles. The molecule has 0 fully saturated rings. The normalized spacial score (nSPS) is 11.1. The summed E-state index contributed by atoms with van der Waals surface area (Å²) in [5.41, 5.74) is 4.34. The lowest BCUT2D eigenvalue weighted by Crippen LogP contribution is -2.33. The first-order valence-electron chi connectivity index (χ1n) is 18.8. The van der Waals surface area contributed by atoms with Crippen LogP contribution in [0.3, 0.4) is 0 Å². The number of carbonyl (C=O) groups excluding carboxylic acids is 1. The molecule has 0 atom stereocenters. The van der Waals surface area contributed by atoms with Gasteiger partial charge in [-0.1, -0.05) is 42.1 Å². The quantitative estimate of drug-likeness (QED) is 0.0266. The first kappa shape index (κ1) is 41.8. The van der Waals surface area contributed by atoms with Gasteiger partial charge in [-0.2, -0.15) is 0 Å². The van der Waals surface area contributed by atoms with Crippen molar-refractivity contribution in [1.82, 2.24) is 25.0 Å². The molecule has 284 valence electrons. The number of halogens is 2. The molecule has 0 radical (unpaired) electrons. The molecule has 0 aliphatic heterocycles. The zero-order chi connectivity index (χ0) is 36.2. The second-order valence-electron chi connectivity index (χ2n) is 13.2. The van der Waals surface area contributed by atoms with Crippen molar-refractivity contribution in [3.05, 3.63) is 95.8 Å². The third kappa shape index (κ3) is 14.4. The van der Waals surface area contributed by atoms with Crippen LogP contribution in [0.5, 0.6) is 5.75 Å². The van der Waals surface area contributed by atoms with Gasteiger partial charge >= 0.3 is 5.97 Å². The van der Waals surface area contributed by atoms with Crippen LogP contribution in [0.2, 0.25) is 5.02 Å². The minimum Gasteiger partial charge on any atom is -0.424 e. The van der Waals surface area contributed by atoms with Crippen molar-refractivity contribution in [3.8, 4) is 17.0 Å². The van der Waals surface area contributed by atoms with E-state index >= 15 is 0 Å². The van der Waals surface area contributed by atoms with Crippen molar-refractivity contribution in [2.24, 2.45) is 0 Å². The Hall–Kier alpha value is -3.96. The van der Waals surface area contributed by atoms with Gasteiger partial charge in [0.05, 0.1) is 16.8 Å². The van der Waals surface area contributed by atoms with E-state index in [0.29, 0.717) is 32.9 Å². The number of aromatic nitrogens is 6. The Morgan fingerprint density at radius 2 is 1.53 bits per heavy atom. The van der Waals surface area contributed by atoms with Crippen LogP contribution in [-0.2, 0) is 40.2 Å². The molecule has 0 unspecified atom stereocenters. The fourth-order valence-electron chi connectivity index (χ4n) is 6.20. The Balaban J connectivity index is 0.00000627. The molecular formula is C41H53Cl2N6O4+. The Morgan fingerprint density at radius 3 is 2.28 bits per heavy atom. The second kappa shape index (κ2) is 23.7. The number of nitrogens with zero attached hydrogens (tertiary/aromatic N) is 6. The third-order valence-corrected chi connectivity index (χ3v) is 9.20. The molecule has 0 aliphatic rings. The van der Waals surface area contributed by atoms with Crippen molar-refractivity contribution in [3.63, 3.8) is 0 Å². The molecule has 0 spiro atoms. The van der Waals surface area contributed by atoms with Crippen LogP contribution < -0.4 is 9.30 Å². The van der Waals surface area contributed by atoms with Crippen molar-refractivity contribution >= 4 is 40.9 Å². The maximum atomic E-state index is 11.9. The summed E-state index contributed by atoms with van der Waals surface area (Å²) in [5, 5.41) is 9.85. The molecule has 0 saturated heterocycles. The van der Waals surface area contributed by atoms with E-state index in [1.807, 2.05) is 35.4 Å². The molecule has 12 heteroatoms. The molecule has 10 nitrogen and oxygen atoms in total. The van der Waals surface area contributed by atoms with Gasteiger partial charge in [0.15, 0.2) is 18.1 Å². The predicted octanol–water partition coefficient (Wildman–Crippen LogP) is 8.60. The molecule has 0 saturated carbocycles. The van der Waals surface area contributed by atoms with Gasteiger partial charge in [-0.05, 0) is 87.3 Å². The van der Waals surface area contributed by atoms with Crippen molar-refractivity contribution in [1.29, 1.82) is 0 Å². The minimum absolute atomic E-state index is 0. The molecule has 0 N–H and O–H groups in total. The third-order valence-electron chi connectivity index (χ3n) is 8.89. The summed E-state index contributed by atoms with van der Waals surface area (Å²) in [6.45, 7) is 6.42. The minimum atomic E-state index is -0.435. The molecule has 5 rings (SSSR count). The van der Waals surface area contributed by atoms with Crippen LogP contribution in [0.25, 0.3) is 22.2 Å². The lowest BCUT2D eigenvalue weighted by Gasteiger charge is -2.11. The number of unbranched alkanes of at least 4 members (excludes halogenated alkanes) is 6. The Kier molecular flexibility index (Phi) is 18.6. The van der Waals surface area contributed by atoms with Crippen LogP contribution in [0.4, 0.5) is 0 Å². The van der Waals surface area contributed by atoms with Gasteiger partial charge in [0.25, 0.3) is 0 Å². The number of rotatable bonds is 24. The van der Waals surface area contributed by atoms with Gasteiger partial charge in [-0.15, -0.1) is 17.5 Å². The summed E-state index contributed by atoms with van der Waals surface area (Å²) in [4.78, 5) is 20.4. The van der Waals surface area contributed by atoms with E-state index < -0.39 is 5.97 Å². The molecule has 4 heterocycles. The molecule has 0 amide bonds. The lowest BCUT2D eigenvalue weighted by molar-refractivity contribution is -0.697. The van der Waals surface area contributed by atoms with Crippen molar-refractivity contribution < 1.29 is 23.6 Å². The van der Waals surface area contributed by atoms with E-state index in [1.54, 1.807) is 18.3 Å². The zero-order valence-electron chi connectivity index (χ0n) is 30.8. The zero-order valence-corrected chi connectivity index (χ0v) is 32.4. The smallest absolute Gasteiger partial charge is 0.308 e. The van der Waals surface area contributed by atoms with Gasteiger partial charge in [-0.3, -0.25) is 19.4 Å². The van der Waals surface area contributed by atoms with E-state index in [-0.39, 0.29) is 12.4 Å². The van der Waals surface area contributed by atoms with Crippen LogP contribution in [-0.4, -0.2) is 57.4 Å². The topological polar surface area (TPSA) is 105 Å². The number of carbonyl (C=O) groups is 1. The highest BCUT2D eigenvalue weighted by Crippen LogP contribution is 2.39. The van der Waals surface area contributed by atoms with Crippen molar-refractivity contribution in [2.45, 2.75) is 97.1 Å². The van der Waals surface area contributed by atoms with E-state index in [4.69, 9.17) is 25.8 Å². The summed E-state index contributed by atoms with van der Waals surface area (Å²) in [6.07, 6.45) is 24.8. The summed E-state index contributed by atoms with van der Waals surface area (Å²) < 4.78 is 21.4. The number of hydrogen-bond donors (Lipinski definition) is 0. The van der Waals surface area contributed by atoms with Gasteiger partial charge in [0.2, 0.25) is 0 Å². The molecule has 0 bridgehead atoms. The molecule has 0 aliphatic carbocycles. The number of pyridine rings is 3. The monoisotopic (exact) mass is 763 g/mol. The second-order valence-corrected chi connectivity index (χ2v) is 13.6. The summed E-state index contributed by atoms with van der Waals surface area (Å²) in [6, 6.07) is 13.9. The standard InChI is InChI=1S/C41H52ClN6O4.ClH/c1-33(49)52-41-37(29-38(42)36-19-11-21-44-40(36)41)39-32-48(46-45-39)24-7-3-5-9-26-51-28-14-18-35-16-12-23-47(31-35)22-6-2-4-8-25-50-27-13-17-34-15-10-20-43-30-34;/h10-12,15-16,19-21,23,29-32H,2-9,13-14,17-18,22,24-28H2,1H3;1H/q+1;. The van der Waals surface area contributed by atoms with E-state index in [0.717, 1.165) is 97.3 Å². The highest BCUT2D eigenvalue weighted by molar-refractivity contribution is 6.36. The average molecular weight is 765 g/mol. The van der Waals surface area contributed by atoms with Crippen molar-refractivity contribution in [2.75, 3.05) is 26.4 Å². The molecular weight excluding hydrogens is 711 g/mol. The number of ether oxygens (including phenoxy) is 3. The largest absolute Gasteiger partial charge is 0.424 e. The molecule has 53 heavy (non-hydrogen) atoms. The Bertz CT molecular complexity index is 1810. The first-order valence-corrected chi connectivity index (χ1v) is 19.1. The number of esters is 1. The maximum Gasteiger partial charge on any atom is 0.308 e. The summed E-state index contributed by atoms with van der Waals surface area (Å²) in [7, 11) is 0. The van der Waals surface area contributed by atoms with E-state index in [1.165, 1.54) is 37.3 Å². The van der Waals surface area contributed by atoms with Crippen LogP contribution in [0.15, 0.2) is 79.6 Å². The van der Waals surface area contributed by atoms with Gasteiger partial charge in [0, 0.05) is 81.9 Å². The highest BCUT2D eigenvalue weighted by Gasteiger charge is 2.19. The fraction of sp³-hybridized carbons (Fsp3) is 0.463. The van der Waals surface area contributed by atoms with Gasteiger partial charge in [-0.25, -0.2) is 4.57 Å². The Morgan fingerprint density at radius 1 is 0.830 bits per heavy atom. The highest BCUT2D eigenvalue weighted by atomic mass is 35.5. The van der Waals surface area contributed by atoms with Crippen LogP contribution >= 0.6 is 24.0 Å². The van der Waals surface area contributed by atoms with Crippen LogP contribution in [0, 0.1) is 0 Å². The first-order chi connectivity index (χ1) is 25.6. The number of aryl methyl sites for hydroxylation is 4. The number of hydrogen-bond acceptors (Lipinski definition) is 8. The fourth-order valence-corrected chi connectivity index (χ4v) is 6.46. The van der Waals surface area contributed by atoms with Crippen LogP contribution in [0.1, 0.15) is 82.3 Å². The predicted molar refractivity (Wildman–Crippen MR) is 210 cm³/mol. The summed E-state index contributed by atoms with van der Waals surface area (Å²) >= 11 is 6.53. The lowest BCUT2D eigenvalue weighted by atomic mass is 10.1. The molecule has 5 aromatic rings. The van der Waals surface area contributed by atoms with Gasteiger partial charge < -0.3 is 14.2 Å². The van der Waals surface area contributed by atoms with Gasteiger partial charge in [0.1, 0.15) is 17.8 Å². The number of fused-ring (bicyclic) bond motifs is 1. The SMILES string of the molecule is CC(=O)Oc1c(-c2cn(CCCCCCOCCCc3ccc[n+](CCCCCCOCCCc4cccnc4)c3)nn2)cc(Cl)c2cccnc12.Cl. The maximum absolute atomic E-state index is 11.9. The number of benzene rings is 1. The average Bonchev–Trinajstić information content (AvgIpc) is 3.63.